The Morgan fingerprint density at radius 3 is 2.93 bits per heavy atom. The van der Waals surface area contributed by atoms with E-state index in [1.54, 1.807) is 29.3 Å². The Bertz CT molecular complexity index is 971. The highest BCUT2D eigenvalue weighted by atomic mass is 19.1. The third kappa shape index (κ3) is 3.74. The van der Waals surface area contributed by atoms with E-state index in [-0.39, 0.29) is 17.8 Å². The predicted molar refractivity (Wildman–Crippen MR) is 99.5 cm³/mol. The monoisotopic (exact) mass is 381 g/mol. The molecule has 0 aliphatic carbocycles. The summed E-state index contributed by atoms with van der Waals surface area (Å²) < 4.78 is 24.3. The van der Waals surface area contributed by atoms with Gasteiger partial charge in [-0.3, -0.25) is 4.79 Å². The van der Waals surface area contributed by atoms with E-state index in [0.717, 1.165) is 18.4 Å². The van der Waals surface area contributed by atoms with E-state index in [9.17, 15) is 9.18 Å². The number of rotatable bonds is 5. The van der Waals surface area contributed by atoms with E-state index in [0.29, 0.717) is 36.1 Å². The molecular weight excluding hydrogens is 361 g/mol. The van der Waals surface area contributed by atoms with Gasteiger partial charge in [-0.25, -0.2) is 14.4 Å². The summed E-state index contributed by atoms with van der Waals surface area (Å²) in [4.78, 5) is 23.2. The normalized spacial score (nSPS) is 16.4. The number of benzene rings is 1. The Morgan fingerprint density at radius 1 is 1.29 bits per heavy atom. The van der Waals surface area contributed by atoms with Crippen LogP contribution in [0.5, 0.6) is 5.88 Å². The first-order valence-corrected chi connectivity index (χ1v) is 9.14. The van der Waals surface area contributed by atoms with Crippen LogP contribution in [0.2, 0.25) is 0 Å². The first kappa shape index (κ1) is 18.2. The molecule has 0 radical (unpaired) electrons. The summed E-state index contributed by atoms with van der Waals surface area (Å²) >= 11 is 0. The number of ether oxygens (including phenoxy) is 1. The number of carbonyl (C=O) groups excluding carboxylic acids is 1. The summed E-state index contributed by atoms with van der Waals surface area (Å²) in [7, 11) is 1.53. The minimum Gasteiger partial charge on any atom is -0.481 e. The molecule has 7 heteroatoms. The minimum absolute atomic E-state index is 0.109. The average Bonchev–Trinajstić information content (AvgIpc) is 3.37. The Hall–Kier alpha value is -3.22. The van der Waals surface area contributed by atoms with Crippen LogP contribution < -0.4 is 4.74 Å². The van der Waals surface area contributed by atoms with Crippen molar-refractivity contribution < 1.29 is 18.3 Å². The molecule has 0 saturated carbocycles. The van der Waals surface area contributed by atoms with Gasteiger partial charge >= 0.3 is 0 Å². The van der Waals surface area contributed by atoms with Gasteiger partial charge in [0.25, 0.3) is 5.91 Å². The van der Waals surface area contributed by atoms with E-state index in [2.05, 4.69) is 9.97 Å². The third-order valence-corrected chi connectivity index (χ3v) is 4.83. The maximum absolute atomic E-state index is 13.4. The van der Waals surface area contributed by atoms with Crippen LogP contribution in [0.1, 0.15) is 46.5 Å². The molecule has 1 aromatic carbocycles. The largest absolute Gasteiger partial charge is 0.481 e. The molecule has 4 rings (SSSR count). The first-order chi connectivity index (χ1) is 13.6. The highest BCUT2D eigenvalue weighted by Crippen LogP contribution is 2.33. The van der Waals surface area contributed by atoms with Crippen molar-refractivity contribution in [3.8, 4) is 5.88 Å². The topological polar surface area (TPSA) is 68.5 Å². The Labute approximate surface area is 162 Å². The van der Waals surface area contributed by atoms with Crippen molar-refractivity contribution in [3.63, 3.8) is 0 Å². The second-order valence-corrected chi connectivity index (χ2v) is 6.72. The highest BCUT2D eigenvalue weighted by Gasteiger charge is 2.34. The van der Waals surface area contributed by atoms with Crippen LogP contribution in [-0.2, 0) is 6.42 Å². The van der Waals surface area contributed by atoms with Gasteiger partial charge in [-0.05, 0) is 36.6 Å². The van der Waals surface area contributed by atoms with Crippen molar-refractivity contribution in [2.24, 2.45) is 0 Å². The summed E-state index contributed by atoms with van der Waals surface area (Å²) in [6.07, 6.45) is 5.28. The zero-order chi connectivity index (χ0) is 19.5. The number of pyridine rings is 1. The van der Waals surface area contributed by atoms with Gasteiger partial charge in [-0.15, -0.1) is 0 Å². The number of aromatic nitrogens is 2. The van der Waals surface area contributed by atoms with Gasteiger partial charge in [-0.1, -0.05) is 12.1 Å². The van der Waals surface area contributed by atoms with Gasteiger partial charge in [0.05, 0.1) is 18.9 Å². The van der Waals surface area contributed by atoms with Gasteiger partial charge in [0.2, 0.25) is 11.8 Å². The lowest BCUT2D eigenvalue weighted by Crippen LogP contribution is -2.30. The SMILES string of the molecule is COc1ccc(C(=O)N2CCC[C@@H]2c2ncc(Cc3cccc(F)c3)o2)cn1. The quantitative estimate of drug-likeness (QED) is 0.673. The zero-order valence-corrected chi connectivity index (χ0v) is 15.5. The number of amides is 1. The van der Waals surface area contributed by atoms with Gasteiger partial charge in [0.1, 0.15) is 17.6 Å². The number of methoxy groups -OCH3 is 1. The molecule has 0 spiro atoms. The lowest BCUT2D eigenvalue weighted by atomic mass is 10.1. The Kier molecular flexibility index (Phi) is 5.06. The van der Waals surface area contributed by atoms with Gasteiger partial charge in [-0.2, -0.15) is 0 Å². The number of halogens is 1. The van der Waals surface area contributed by atoms with Gasteiger partial charge < -0.3 is 14.1 Å². The highest BCUT2D eigenvalue weighted by molar-refractivity contribution is 5.94. The molecule has 0 unspecified atom stereocenters. The molecular formula is C21H20FN3O3. The number of nitrogens with zero attached hydrogens (tertiary/aromatic N) is 3. The summed E-state index contributed by atoms with van der Waals surface area (Å²) in [5.41, 5.74) is 1.31. The van der Waals surface area contributed by atoms with E-state index in [1.165, 1.54) is 25.4 Å². The van der Waals surface area contributed by atoms with Crippen LogP contribution in [0, 0.1) is 5.82 Å². The van der Waals surface area contributed by atoms with E-state index >= 15 is 0 Å². The molecule has 1 atom stereocenters. The first-order valence-electron chi connectivity index (χ1n) is 9.14. The number of carbonyl (C=O) groups is 1. The number of hydrogen-bond acceptors (Lipinski definition) is 5. The predicted octanol–water partition coefficient (Wildman–Crippen LogP) is 3.79. The van der Waals surface area contributed by atoms with Crippen molar-refractivity contribution in [3.05, 3.63) is 77.4 Å². The third-order valence-electron chi connectivity index (χ3n) is 4.83. The fraction of sp³-hybridized carbons (Fsp3) is 0.286. The van der Waals surface area contributed by atoms with Crippen molar-refractivity contribution in [1.82, 2.24) is 14.9 Å². The number of oxazole rings is 1. The van der Waals surface area contributed by atoms with E-state index < -0.39 is 0 Å². The maximum atomic E-state index is 13.4. The molecule has 3 heterocycles. The van der Waals surface area contributed by atoms with Crippen LogP contribution >= 0.6 is 0 Å². The van der Waals surface area contributed by atoms with Crippen LogP contribution in [-0.4, -0.2) is 34.4 Å². The molecule has 0 bridgehead atoms. The minimum atomic E-state index is -0.280. The molecule has 1 saturated heterocycles. The molecule has 3 aromatic rings. The van der Waals surface area contributed by atoms with Crippen molar-refractivity contribution in [2.75, 3.05) is 13.7 Å². The molecule has 6 nitrogen and oxygen atoms in total. The summed E-state index contributed by atoms with van der Waals surface area (Å²) in [5, 5.41) is 0. The van der Waals surface area contributed by atoms with Crippen molar-refractivity contribution in [1.29, 1.82) is 0 Å². The van der Waals surface area contributed by atoms with Crippen LogP contribution in [0.25, 0.3) is 0 Å². The second kappa shape index (κ2) is 7.80. The number of likely N-dealkylation sites (tertiary alicyclic amines) is 1. The van der Waals surface area contributed by atoms with Crippen LogP contribution in [0.4, 0.5) is 4.39 Å². The lowest BCUT2D eigenvalue weighted by Gasteiger charge is -2.22. The smallest absolute Gasteiger partial charge is 0.256 e. The van der Waals surface area contributed by atoms with Gasteiger partial charge in [0, 0.05) is 25.2 Å². The fourth-order valence-electron chi connectivity index (χ4n) is 3.47. The molecule has 1 aliphatic rings. The molecule has 144 valence electrons. The molecule has 2 aromatic heterocycles. The molecule has 0 N–H and O–H groups in total. The van der Waals surface area contributed by atoms with Crippen LogP contribution in [0.3, 0.4) is 0 Å². The summed E-state index contributed by atoms with van der Waals surface area (Å²) in [6.45, 7) is 0.636. The molecule has 1 fully saturated rings. The van der Waals surface area contributed by atoms with Crippen LogP contribution in [0.15, 0.2) is 53.2 Å². The van der Waals surface area contributed by atoms with Crippen molar-refractivity contribution >= 4 is 5.91 Å². The zero-order valence-electron chi connectivity index (χ0n) is 15.5. The maximum Gasteiger partial charge on any atom is 0.256 e. The molecule has 1 amide bonds. The fourth-order valence-corrected chi connectivity index (χ4v) is 3.47. The lowest BCUT2D eigenvalue weighted by molar-refractivity contribution is 0.0714. The van der Waals surface area contributed by atoms with Crippen molar-refractivity contribution in [2.45, 2.75) is 25.3 Å². The van der Waals surface area contributed by atoms with E-state index in [4.69, 9.17) is 9.15 Å². The molecule has 1 aliphatic heterocycles. The van der Waals surface area contributed by atoms with E-state index in [1.807, 2.05) is 6.07 Å². The Balaban J connectivity index is 1.50. The average molecular weight is 381 g/mol. The van der Waals surface area contributed by atoms with Gasteiger partial charge in [0.15, 0.2) is 0 Å². The standard InChI is InChI=1S/C21H20FN3O3/c1-27-19-8-7-15(12-23-19)21(26)25-9-3-6-18(25)20-24-13-17(28-20)11-14-4-2-5-16(22)10-14/h2,4-5,7-8,10,12-13,18H,3,6,9,11H2,1H3/t18-/m1/s1. The Morgan fingerprint density at radius 2 is 2.18 bits per heavy atom. The second-order valence-electron chi connectivity index (χ2n) is 6.72. The summed E-state index contributed by atoms with van der Waals surface area (Å²) in [5.74, 6) is 1.23. The summed E-state index contributed by atoms with van der Waals surface area (Å²) in [6, 6.07) is 9.55. The number of hydrogen-bond donors (Lipinski definition) is 0. The molecule has 28 heavy (non-hydrogen) atoms.